The van der Waals surface area contributed by atoms with Gasteiger partial charge in [-0.25, -0.2) is 9.97 Å². The molecule has 1 amide bonds. The van der Waals surface area contributed by atoms with E-state index in [0.717, 1.165) is 35.5 Å². The van der Waals surface area contributed by atoms with Crippen molar-refractivity contribution in [2.45, 2.75) is 51.5 Å². The number of carbonyl (C=O) groups excluding carboxylic acids is 1. The number of halogens is 1. The van der Waals surface area contributed by atoms with Crippen LogP contribution in [0.1, 0.15) is 53.8 Å². The molecular formula is C20H25ClN4O. The Balaban J connectivity index is 1.58. The number of hydrogen-bond donors (Lipinski definition) is 2. The summed E-state index contributed by atoms with van der Waals surface area (Å²) in [4.78, 5) is 21.3. The second-order valence-electron chi connectivity index (χ2n) is 6.83. The third-order valence-corrected chi connectivity index (χ3v) is 4.85. The molecule has 138 valence electrons. The van der Waals surface area contributed by atoms with Gasteiger partial charge in [0.1, 0.15) is 5.69 Å². The Labute approximate surface area is 159 Å². The van der Waals surface area contributed by atoms with Crippen LogP contribution in [0, 0.1) is 6.92 Å². The topological polar surface area (TPSA) is 66.9 Å². The van der Waals surface area contributed by atoms with Crippen LogP contribution in [-0.2, 0) is 6.42 Å². The van der Waals surface area contributed by atoms with Crippen LogP contribution in [-0.4, -0.2) is 28.5 Å². The van der Waals surface area contributed by atoms with Gasteiger partial charge in [-0.05, 0) is 49.9 Å². The van der Waals surface area contributed by atoms with Crippen molar-refractivity contribution < 1.29 is 4.79 Å². The van der Waals surface area contributed by atoms with Gasteiger partial charge in [-0.15, -0.1) is 0 Å². The minimum Gasteiger partial charge on any atom is -0.354 e. The van der Waals surface area contributed by atoms with Gasteiger partial charge in [0.25, 0.3) is 5.91 Å². The van der Waals surface area contributed by atoms with Gasteiger partial charge in [-0.3, -0.25) is 4.79 Å². The maximum absolute atomic E-state index is 12.5. The number of nitrogens with zero attached hydrogens (tertiary/aromatic N) is 2. The summed E-state index contributed by atoms with van der Waals surface area (Å²) < 4.78 is 0. The molecule has 6 heteroatoms. The Morgan fingerprint density at radius 1 is 1.19 bits per heavy atom. The first-order valence-electron chi connectivity index (χ1n) is 9.25. The molecule has 1 aliphatic carbocycles. The van der Waals surface area contributed by atoms with Crippen LogP contribution in [0.4, 0.5) is 5.95 Å². The Kier molecular flexibility index (Phi) is 6.45. The minimum absolute atomic E-state index is 0.111. The summed E-state index contributed by atoms with van der Waals surface area (Å²) in [6.07, 6.45) is 6.55. The normalized spacial score (nSPS) is 14.8. The highest BCUT2D eigenvalue weighted by Gasteiger charge is 2.18. The Hall–Kier alpha value is -2.14. The smallest absolute Gasteiger partial charge is 0.270 e. The molecule has 0 aliphatic heterocycles. The molecule has 1 fully saturated rings. The first-order chi connectivity index (χ1) is 12.6. The third kappa shape index (κ3) is 5.43. The van der Waals surface area contributed by atoms with Crippen LogP contribution in [0.3, 0.4) is 0 Å². The summed E-state index contributed by atoms with van der Waals surface area (Å²) in [5, 5.41) is 7.05. The lowest BCUT2D eigenvalue weighted by molar-refractivity contribution is 0.0922. The number of hydrogen-bond acceptors (Lipinski definition) is 4. The number of benzene rings is 1. The van der Waals surface area contributed by atoms with Crippen molar-refractivity contribution in [3.05, 3.63) is 52.3 Å². The molecule has 0 unspecified atom stereocenters. The maximum atomic E-state index is 12.5. The van der Waals surface area contributed by atoms with Gasteiger partial charge in [-0.2, -0.15) is 0 Å². The van der Waals surface area contributed by atoms with Crippen LogP contribution in [0.15, 0.2) is 30.3 Å². The molecule has 2 N–H and O–H groups in total. The lowest BCUT2D eigenvalue weighted by Crippen LogP contribution is -2.36. The van der Waals surface area contributed by atoms with Crippen molar-refractivity contribution >= 4 is 23.5 Å². The largest absolute Gasteiger partial charge is 0.354 e. The SMILES string of the molecule is Cc1cc(C(=O)NC2CCCCC2)nc(NCCc2cccc(Cl)c2)n1. The number of carbonyl (C=O) groups is 1. The summed E-state index contributed by atoms with van der Waals surface area (Å²) in [7, 11) is 0. The number of nitrogens with one attached hydrogen (secondary N) is 2. The zero-order valence-electron chi connectivity index (χ0n) is 15.1. The summed E-state index contributed by atoms with van der Waals surface area (Å²) in [6.45, 7) is 2.55. The number of rotatable bonds is 6. The Morgan fingerprint density at radius 2 is 2.00 bits per heavy atom. The van der Waals surface area contributed by atoms with Crippen molar-refractivity contribution in [3.8, 4) is 0 Å². The fourth-order valence-electron chi connectivity index (χ4n) is 3.28. The molecule has 1 heterocycles. The molecule has 0 atom stereocenters. The number of aryl methyl sites for hydroxylation is 1. The van der Waals surface area contributed by atoms with Crippen LogP contribution in [0.2, 0.25) is 5.02 Å². The molecule has 1 saturated carbocycles. The fraction of sp³-hybridized carbons (Fsp3) is 0.450. The molecule has 3 rings (SSSR count). The Morgan fingerprint density at radius 3 is 2.77 bits per heavy atom. The highest BCUT2D eigenvalue weighted by Crippen LogP contribution is 2.18. The predicted molar refractivity (Wildman–Crippen MR) is 105 cm³/mol. The molecular weight excluding hydrogens is 348 g/mol. The zero-order chi connectivity index (χ0) is 18.4. The zero-order valence-corrected chi connectivity index (χ0v) is 15.9. The van der Waals surface area contributed by atoms with Crippen molar-refractivity contribution in [1.82, 2.24) is 15.3 Å². The summed E-state index contributed by atoms with van der Waals surface area (Å²) in [5.41, 5.74) is 2.35. The first-order valence-corrected chi connectivity index (χ1v) is 9.63. The second-order valence-corrected chi connectivity index (χ2v) is 7.27. The molecule has 5 nitrogen and oxygen atoms in total. The van der Waals surface area contributed by atoms with E-state index in [0.29, 0.717) is 18.2 Å². The molecule has 26 heavy (non-hydrogen) atoms. The molecule has 1 aromatic carbocycles. The highest BCUT2D eigenvalue weighted by atomic mass is 35.5. The molecule has 1 aliphatic rings. The summed E-state index contributed by atoms with van der Waals surface area (Å²) >= 11 is 6.01. The minimum atomic E-state index is -0.111. The van der Waals surface area contributed by atoms with Crippen LogP contribution >= 0.6 is 11.6 Å². The van der Waals surface area contributed by atoms with E-state index in [1.165, 1.54) is 19.3 Å². The van der Waals surface area contributed by atoms with Gasteiger partial charge in [0, 0.05) is 23.3 Å². The lowest BCUT2D eigenvalue weighted by atomic mass is 9.95. The van der Waals surface area contributed by atoms with Crippen molar-refractivity contribution in [3.63, 3.8) is 0 Å². The van der Waals surface area contributed by atoms with E-state index in [2.05, 4.69) is 20.6 Å². The van der Waals surface area contributed by atoms with E-state index < -0.39 is 0 Å². The average molecular weight is 373 g/mol. The van der Waals surface area contributed by atoms with E-state index in [4.69, 9.17) is 11.6 Å². The molecule has 0 bridgehead atoms. The highest BCUT2D eigenvalue weighted by molar-refractivity contribution is 6.30. The van der Waals surface area contributed by atoms with E-state index in [-0.39, 0.29) is 11.9 Å². The van der Waals surface area contributed by atoms with Gasteiger partial charge in [0.05, 0.1) is 0 Å². The third-order valence-electron chi connectivity index (χ3n) is 4.61. The average Bonchev–Trinajstić information content (AvgIpc) is 2.62. The van der Waals surface area contributed by atoms with Crippen LogP contribution in [0.25, 0.3) is 0 Å². The Bertz CT molecular complexity index is 759. The first kappa shape index (κ1) is 18.6. The van der Waals surface area contributed by atoms with Crippen LogP contribution in [0.5, 0.6) is 0 Å². The predicted octanol–water partition coefficient (Wildman–Crippen LogP) is 4.16. The number of aromatic nitrogens is 2. The van der Waals surface area contributed by atoms with E-state index in [1.54, 1.807) is 6.07 Å². The summed E-state index contributed by atoms with van der Waals surface area (Å²) in [5.74, 6) is 0.376. The molecule has 2 aromatic rings. The lowest BCUT2D eigenvalue weighted by Gasteiger charge is -2.22. The monoisotopic (exact) mass is 372 g/mol. The maximum Gasteiger partial charge on any atom is 0.270 e. The van der Waals surface area contributed by atoms with Crippen molar-refractivity contribution in [2.24, 2.45) is 0 Å². The van der Waals surface area contributed by atoms with Gasteiger partial charge in [-0.1, -0.05) is 43.0 Å². The number of amides is 1. The standard InChI is InChI=1S/C20H25ClN4O/c1-14-12-18(19(26)24-17-8-3-2-4-9-17)25-20(23-14)22-11-10-15-6-5-7-16(21)13-15/h5-7,12-13,17H,2-4,8-11H2,1H3,(H,24,26)(H,22,23,25). The van der Waals surface area contributed by atoms with Crippen molar-refractivity contribution in [2.75, 3.05) is 11.9 Å². The van der Waals surface area contributed by atoms with E-state index in [1.807, 2.05) is 31.2 Å². The van der Waals surface area contributed by atoms with Gasteiger partial charge in [0.2, 0.25) is 5.95 Å². The van der Waals surface area contributed by atoms with E-state index >= 15 is 0 Å². The van der Waals surface area contributed by atoms with Crippen LogP contribution < -0.4 is 10.6 Å². The van der Waals surface area contributed by atoms with E-state index in [9.17, 15) is 4.79 Å². The molecule has 0 radical (unpaired) electrons. The number of anilines is 1. The quantitative estimate of drug-likeness (QED) is 0.799. The van der Waals surface area contributed by atoms with Gasteiger partial charge < -0.3 is 10.6 Å². The molecule has 0 saturated heterocycles. The van der Waals surface area contributed by atoms with Gasteiger partial charge >= 0.3 is 0 Å². The molecule has 1 aromatic heterocycles. The van der Waals surface area contributed by atoms with Gasteiger partial charge in [0.15, 0.2) is 0 Å². The van der Waals surface area contributed by atoms with Crippen molar-refractivity contribution in [1.29, 1.82) is 0 Å². The fourth-order valence-corrected chi connectivity index (χ4v) is 3.49. The summed E-state index contributed by atoms with van der Waals surface area (Å²) in [6, 6.07) is 9.79. The molecule has 0 spiro atoms. The second kappa shape index (κ2) is 8.99.